The summed E-state index contributed by atoms with van der Waals surface area (Å²) in [7, 11) is 0. The van der Waals surface area contributed by atoms with E-state index in [0.717, 1.165) is 11.1 Å². The number of nitrogens with zero attached hydrogens (tertiary/aromatic N) is 2. The van der Waals surface area contributed by atoms with Gasteiger partial charge in [0.2, 0.25) is 0 Å². The number of nitriles is 1. The van der Waals surface area contributed by atoms with Crippen LogP contribution in [0.25, 0.3) is 0 Å². The molecule has 23 heavy (non-hydrogen) atoms. The van der Waals surface area contributed by atoms with E-state index in [0.29, 0.717) is 17.3 Å². The van der Waals surface area contributed by atoms with Crippen molar-refractivity contribution < 1.29 is 4.79 Å². The molecule has 0 radical (unpaired) electrons. The SMILES string of the molecule is Cc1c(Cl)cccc1NC(=O)/C(C#N)=C\NCc1cccnc1. The minimum atomic E-state index is -0.489. The van der Waals surface area contributed by atoms with Crippen molar-refractivity contribution >= 4 is 23.2 Å². The molecule has 1 aromatic heterocycles. The molecule has 116 valence electrons. The average molecular weight is 327 g/mol. The van der Waals surface area contributed by atoms with Gasteiger partial charge in [-0.25, -0.2) is 0 Å². The van der Waals surface area contributed by atoms with Crippen molar-refractivity contribution in [1.82, 2.24) is 10.3 Å². The van der Waals surface area contributed by atoms with Crippen LogP contribution >= 0.6 is 11.6 Å². The van der Waals surface area contributed by atoms with Crippen LogP contribution in [0.2, 0.25) is 5.02 Å². The molecule has 6 heteroatoms. The topological polar surface area (TPSA) is 77.8 Å². The summed E-state index contributed by atoms with van der Waals surface area (Å²) >= 11 is 6.01. The van der Waals surface area contributed by atoms with Gasteiger partial charge < -0.3 is 10.6 Å². The van der Waals surface area contributed by atoms with Crippen molar-refractivity contribution in [2.24, 2.45) is 0 Å². The summed E-state index contributed by atoms with van der Waals surface area (Å²) in [6, 6.07) is 10.8. The monoisotopic (exact) mass is 326 g/mol. The second-order valence-corrected chi connectivity index (χ2v) is 5.19. The van der Waals surface area contributed by atoms with Crippen molar-refractivity contribution in [2.75, 3.05) is 5.32 Å². The number of anilines is 1. The van der Waals surface area contributed by atoms with Gasteiger partial charge in [0.1, 0.15) is 11.6 Å². The van der Waals surface area contributed by atoms with Crippen LogP contribution in [0.3, 0.4) is 0 Å². The highest BCUT2D eigenvalue weighted by Crippen LogP contribution is 2.23. The number of halogens is 1. The van der Waals surface area contributed by atoms with Gasteiger partial charge >= 0.3 is 0 Å². The quantitative estimate of drug-likeness (QED) is 0.653. The Morgan fingerprint density at radius 1 is 1.39 bits per heavy atom. The molecule has 0 aliphatic heterocycles. The van der Waals surface area contributed by atoms with Crippen LogP contribution < -0.4 is 10.6 Å². The maximum Gasteiger partial charge on any atom is 0.267 e. The van der Waals surface area contributed by atoms with Crippen molar-refractivity contribution in [3.8, 4) is 6.07 Å². The Kier molecular flexibility index (Phi) is 5.73. The number of pyridine rings is 1. The average Bonchev–Trinajstić information content (AvgIpc) is 2.56. The van der Waals surface area contributed by atoms with Gasteiger partial charge in [-0.2, -0.15) is 5.26 Å². The van der Waals surface area contributed by atoms with Crippen molar-refractivity contribution in [3.05, 3.63) is 70.6 Å². The lowest BCUT2D eigenvalue weighted by Crippen LogP contribution is -2.17. The van der Waals surface area contributed by atoms with Gasteiger partial charge in [-0.05, 0) is 36.2 Å². The number of carbonyl (C=O) groups excluding carboxylic acids is 1. The molecule has 1 heterocycles. The second-order valence-electron chi connectivity index (χ2n) is 4.78. The summed E-state index contributed by atoms with van der Waals surface area (Å²) in [5, 5.41) is 15.3. The van der Waals surface area contributed by atoms with Crippen molar-refractivity contribution in [3.63, 3.8) is 0 Å². The normalized spacial score (nSPS) is 10.7. The first kappa shape index (κ1) is 16.5. The van der Waals surface area contributed by atoms with E-state index in [1.807, 2.05) is 18.2 Å². The van der Waals surface area contributed by atoms with Crippen LogP contribution in [-0.4, -0.2) is 10.9 Å². The van der Waals surface area contributed by atoms with E-state index in [2.05, 4.69) is 15.6 Å². The molecule has 1 amide bonds. The molecule has 5 nitrogen and oxygen atoms in total. The Hall–Kier alpha value is -2.84. The fraction of sp³-hybridized carbons (Fsp3) is 0.118. The molecule has 0 fully saturated rings. The summed E-state index contributed by atoms with van der Waals surface area (Å²) in [5.41, 5.74) is 2.26. The zero-order valence-electron chi connectivity index (χ0n) is 12.5. The van der Waals surface area contributed by atoms with E-state index in [1.54, 1.807) is 37.5 Å². The van der Waals surface area contributed by atoms with E-state index in [4.69, 9.17) is 16.9 Å². The Bertz CT molecular complexity index is 766. The first-order chi connectivity index (χ1) is 11.1. The fourth-order valence-electron chi connectivity index (χ4n) is 1.85. The molecule has 0 bridgehead atoms. The summed E-state index contributed by atoms with van der Waals surface area (Å²) in [6.45, 7) is 2.27. The van der Waals surface area contributed by atoms with E-state index < -0.39 is 5.91 Å². The molecule has 2 aromatic rings. The summed E-state index contributed by atoms with van der Waals surface area (Å²) < 4.78 is 0. The molecule has 0 aliphatic carbocycles. The van der Waals surface area contributed by atoms with Gasteiger partial charge in [-0.15, -0.1) is 0 Å². The molecule has 0 spiro atoms. The number of carbonyl (C=O) groups is 1. The van der Waals surface area contributed by atoms with Crippen molar-refractivity contribution in [2.45, 2.75) is 13.5 Å². The minimum absolute atomic E-state index is 0.0201. The number of rotatable bonds is 5. The molecule has 0 saturated carbocycles. The predicted octanol–water partition coefficient (Wildman–Crippen LogP) is 3.18. The van der Waals surface area contributed by atoms with Crippen LogP contribution in [0.4, 0.5) is 5.69 Å². The zero-order chi connectivity index (χ0) is 16.7. The molecular formula is C17H15ClN4O. The van der Waals surface area contributed by atoms with E-state index in [9.17, 15) is 4.79 Å². The third kappa shape index (κ3) is 4.56. The molecule has 2 rings (SSSR count). The zero-order valence-corrected chi connectivity index (χ0v) is 13.3. The fourth-order valence-corrected chi connectivity index (χ4v) is 2.03. The van der Waals surface area contributed by atoms with Gasteiger partial charge in [0.05, 0.1) is 0 Å². The van der Waals surface area contributed by atoms with Gasteiger partial charge in [-0.3, -0.25) is 9.78 Å². The third-order valence-electron chi connectivity index (χ3n) is 3.16. The lowest BCUT2D eigenvalue weighted by molar-refractivity contribution is -0.112. The predicted molar refractivity (Wildman–Crippen MR) is 89.6 cm³/mol. The van der Waals surface area contributed by atoms with Crippen molar-refractivity contribution in [1.29, 1.82) is 5.26 Å². The minimum Gasteiger partial charge on any atom is -0.386 e. The number of benzene rings is 1. The Morgan fingerprint density at radius 2 is 2.22 bits per heavy atom. The molecular weight excluding hydrogens is 312 g/mol. The Labute approximate surface area is 139 Å². The van der Waals surface area contributed by atoms with Crippen LogP contribution in [0.15, 0.2) is 54.5 Å². The Balaban J connectivity index is 2.02. The number of amides is 1. The molecule has 0 atom stereocenters. The molecule has 1 aromatic carbocycles. The van der Waals surface area contributed by atoms with Gasteiger partial charge in [0, 0.05) is 35.8 Å². The van der Waals surface area contributed by atoms with E-state index in [1.165, 1.54) is 6.20 Å². The summed E-state index contributed by atoms with van der Waals surface area (Å²) in [4.78, 5) is 16.1. The molecule has 0 aliphatic rings. The number of hydrogen-bond acceptors (Lipinski definition) is 4. The number of aromatic nitrogens is 1. The third-order valence-corrected chi connectivity index (χ3v) is 3.57. The lowest BCUT2D eigenvalue weighted by Gasteiger charge is -2.09. The highest BCUT2D eigenvalue weighted by molar-refractivity contribution is 6.31. The largest absolute Gasteiger partial charge is 0.386 e. The molecule has 0 saturated heterocycles. The second kappa shape index (κ2) is 7.97. The van der Waals surface area contributed by atoms with Crippen LogP contribution in [0.1, 0.15) is 11.1 Å². The number of hydrogen-bond donors (Lipinski definition) is 2. The maximum atomic E-state index is 12.2. The van der Waals surface area contributed by atoms with Crippen LogP contribution in [0, 0.1) is 18.3 Å². The van der Waals surface area contributed by atoms with E-state index >= 15 is 0 Å². The summed E-state index contributed by atoms with van der Waals surface area (Å²) in [5.74, 6) is -0.489. The Morgan fingerprint density at radius 3 is 2.91 bits per heavy atom. The van der Waals surface area contributed by atoms with Crippen LogP contribution in [-0.2, 0) is 11.3 Å². The highest BCUT2D eigenvalue weighted by Gasteiger charge is 2.11. The standard InChI is InChI=1S/C17H15ClN4O/c1-12-15(18)5-2-6-16(12)22-17(23)14(8-19)11-21-10-13-4-3-7-20-9-13/h2-7,9,11,21H,10H2,1H3,(H,22,23)/b14-11-. The van der Waals surface area contributed by atoms with Gasteiger partial charge in [0.25, 0.3) is 5.91 Å². The lowest BCUT2D eigenvalue weighted by atomic mass is 10.2. The first-order valence-corrected chi connectivity index (χ1v) is 7.28. The van der Waals surface area contributed by atoms with Crippen LogP contribution in [0.5, 0.6) is 0 Å². The smallest absolute Gasteiger partial charge is 0.267 e. The van der Waals surface area contributed by atoms with E-state index in [-0.39, 0.29) is 5.57 Å². The number of nitrogens with one attached hydrogen (secondary N) is 2. The molecule has 0 unspecified atom stereocenters. The van der Waals surface area contributed by atoms with Gasteiger partial charge in [0.15, 0.2) is 0 Å². The summed E-state index contributed by atoms with van der Waals surface area (Å²) in [6.07, 6.45) is 4.78. The molecule has 2 N–H and O–H groups in total. The first-order valence-electron chi connectivity index (χ1n) is 6.91. The maximum absolute atomic E-state index is 12.2. The highest BCUT2D eigenvalue weighted by atomic mass is 35.5. The van der Waals surface area contributed by atoms with Gasteiger partial charge in [-0.1, -0.05) is 23.7 Å².